The number of likely N-dealkylation sites (tertiary alicyclic amines) is 1. The molecule has 1 saturated heterocycles. The third-order valence-electron chi connectivity index (χ3n) is 5.02. The van der Waals surface area contributed by atoms with E-state index in [9.17, 15) is 14.3 Å². The third-order valence-corrected chi connectivity index (χ3v) is 5.02. The maximum Gasteiger partial charge on any atom is 0.253 e. The van der Waals surface area contributed by atoms with Crippen molar-refractivity contribution in [2.24, 2.45) is 0 Å². The van der Waals surface area contributed by atoms with Gasteiger partial charge in [0.05, 0.1) is 0 Å². The minimum Gasteiger partial charge on any atom is -0.378 e. The Labute approximate surface area is 153 Å². The van der Waals surface area contributed by atoms with Crippen molar-refractivity contribution in [3.8, 4) is 0 Å². The van der Waals surface area contributed by atoms with Crippen molar-refractivity contribution in [1.82, 2.24) is 10.2 Å². The number of rotatable bonds is 6. The molecule has 1 fully saturated rings. The Balaban J connectivity index is 1.39. The summed E-state index contributed by atoms with van der Waals surface area (Å²) in [6.45, 7) is 3.28. The lowest BCUT2D eigenvalue weighted by Gasteiger charge is -2.32. The van der Waals surface area contributed by atoms with Crippen LogP contribution in [0.5, 0.6) is 0 Å². The van der Waals surface area contributed by atoms with E-state index in [2.05, 4.69) is 34.5 Å². The van der Waals surface area contributed by atoms with Crippen molar-refractivity contribution in [1.29, 1.82) is 0 Å². The second kappa shape index (κ2) is 8.92. The molecule has 1 aliphatic heterocycles. The molecule has 1 atom stereocenters. The number of aliphatic hydroxyl groups is 1. The van der Waals surface area contributed by atoms with Gasteiger partial charge in [-0.25, -0.2) is 4.39 Å². The smallest absolute Gasteiger partial charge is 0.253 e. The number of carbonyl (C=O) groups is 1. The Morgan fingerprint density at radius 2 is 1.77 bits per heavy atom. The zero-order valence-corrected chi connectivity index (χ0v) is 14.8. The number of nitrogens with one attached hydrogen (secondary N) is 1. The Bertz CT molecular complexity index is 698. The van der Waals surface area contributed by atoms with Crippen LogP contribution in [0.3, 0.4) is 0 Å². The van der Waals surface area contributed by atoms with E-state index in [-0.39, 0.29) is 5.82 Å². The highest BCUT2D eigenvalue weighted by Crippen LogP contribution is 2.27. The summed E-state index contributed by atoms with van der Waals surface area (Å²) in [5, 5.41) is 12.8. The van der Waals surface area contributed by atoms with Crippen molar-refractivity contribution in [3.05, 3.63) is 71.5 Å². The van der Waals surface area contributed by atoms with Crippen molar-refractivity contribution in [3.63, 3.8) is 0 Å². The first-order valence-electron chi connectivity index (χ1n) is 9.12. The molecule has 0 unspecified atom stereocenters. The summed E-state index contributed by atoms with van der Waals surface area (Å²) in [6, 6.07) is 15.9. The summed E-state index contributed by atoms with van der Waals surface area (Å²) in [5.74, 6) is -0.224. The van der Waals surface area contributed by atoms with Gasteiger partial charge < -0.3 is 15.3 Å². The summed E-state index contributed by atoms with van der Waals surface area (Å²) in [5.41, 5.74) is 1.80. The Morgan fingerprint density at radius 1 is 1.12 bits per heavy atom. The Kier molecular flexibility index (Phi) is 6.36. The summed E-state index contributed by atoms with van der Waals surface area (Å²) in [7, 11) is 0. The van der Waals surface area contributed by atoms with E-state index in [1.165, 1.54) is 29.8 Å². The van der Waals surface area contributed by atoms with Crippen molar-refractivity contribution in [2.75, 3.05) is 26.2 Å². The molecule has 4 nitrogen and oxygen atoms in total. The fourth-order valence-corrected chi connectivity index (χ4v) is 3.45. The lowest BCUT2D eigenvalue weighted by molar-refractivity contribution is -0.129. The van der Waals surface area contributed by atoms with Gasteiger partial charge in [-0.1, -0.05) is 42.5 Å². The molecule has 1 aliphatic rings. The molecule has 3 rings (SSSR count). The van der Waals surface area contributed by atoms with Crippen LogP contribution in [0, 0.1) is 5.82 Å². The van der Waals surface area contributed by atoms with E-state index in [1.54, 1.807) is 0 Å². The second-order valence-electron chi connectivity index (χ2n) is 6.77. The van der Waals surface area contributed by atoms with E-state index < -0.39 is 12.0 Å². The first-order chi connectivity index (χ1) is 12.6. The fraction of sp³-hybridized carbons (Fsp3) is 0.381. The van der Waals surface area contributed by atoms with Gasteiger partial charge in [0, 0.05) is 13.1 Å². The van der Waals surface area contributed by atoms with Gasteiger partial charge in [-0.2, -0.15) is 0 Å². The van der Waals surface area contributed by atoms with E-state index >= 15 is 0 Å². The Morgan fingerprint density at radius 3 is 2.42 bits per heavy atom. The van der Waals surface area contributed by atoms with Crippen molar-refractivity contribution in [2.45, 2.75) is 24.9 Å². The number of carbonyl (C=O) groups excluding carboxylic acids is 1. The number of amides is 1. The maximum absolute atomic E-state index is 12.9. The van der Waals surface area contributed by atoms with Gasteiger partial charge in [-0.15, -0.1) is 0 Å². The second-order valence-corrected chi connectivity index (χ2v) is 6.77. The number of piperidine rings is 1. The highest BCUT2D eigenvalue weighted by molar-refractivity contribution is 5.81. The predicted octanol–water partition coefficient (Wildman–Crippen LogP) is 2.85. The largest absolute Gasteiger partial charge is 0.378 e. The van der Waals surface area contributed by atoms with E-state index in [0.717, 1.165) is 32.5 Å². The standard InChI is InChI=1S/C21H25FN2O2/c22-19-8-6-18(7-9-19)20(25)21(26)23-12-15-24-13-10-17(11-14-24)16-4-2-1-3-5-16/h1-9,17,20,25H,10-15H2,(H,23,26)/t20-/m0/s1. The molecule has 0 bridgehead atoms. The highest BCUT2D eigenvalue weighted by atomic mass is 19.1. The molecular formula is C21H25FN2O2. The predicted molar refractivity (Wildman–Crippen MR) is 99.2 cm³/mol. The highest BCUT2D eigenvalue weighted by Gasteiger charge is 2.21. The average Bonchev–Trinajstić information content (AvgIpc) is 2.69. The number of hydrogen-bond acceptors (Lipinski definition) is 3. The quantitative estimate of drug-likeness (QED) is 0.837. The molecular weight excluding hydrogens is 331 g/mol. The molecule has 2 N–H and O–H groups in total. The lowest BCUT2D eigenvalue weighted by atomic mass is 9.89. The van der Waals surface area contributed by atoms with Crippen LogP contribution in [0.25, 0.3) is 0 Å². The van der Waals surface area contributed by atoms with E-state index in [4.69, 9.17) is 0 Å². The molecule has 0 saturated carbocycles. The molecule has 26 heavy (non-hydrogen) atoms. The molecule has 0 radical (unpaired) electrons. The van der Waals surface area contributed by atoms with Gasteiger partial charge in [0.25, 0.3) is 5.91 Å². The van der Waals surface area contributed by atoms with E-state index in [1.807, 2.05) is 6.07 Å². The van der Waals surface area contributed by atoms with E-state index in [0.29, 0.717) is 18.0 Å². The monoisotopic (exact) mass is 356 g/mol. The minimum atomic E-state index is -1.26. The number of nitrogens with zero attached hydrogens (tertiary/aromatic N) is 1. The molecule has 1 heterocycles. The molecule has 0 aromatic heterocycles. The van der Waals surface area contributed by atoms with Crippen molar-refractivity contribution >= 4 is 5.91 Å². The zero-order valence-electron chi connectivity index (χ0n) is 14.8. The van der Waals surface area contributed by atoms with Crippen LogP contribution in [0.1, 0.15) is 36.0 Å². The molecule has 138 valence electrons. The van der Waals surface area contributed by atoms with Gasteiger partial charge >= 0.3 is 0 Å². The maximum atomic E-state index is 12.9. The number of halogens is 1. The fourth-order valence-electron chi connectivity index (χ4n) is 3.45. The van der Waals surface area contributed by atoms with Gasteiger partial charge in [0.2, 0.25) is 0 Å². The average molecular weight is 356 g/mol. The third kappa shape index (κ3) is 4.90. The Hall–Kier alpha value is -2.24. The summed E-state index contributed by atoms with van der Waals surface area (Å²) >= 11 is 0. The zero-order chi connectivity index (χ0) is 18.4. The number of hydrogen-bond donors (Lipinski definition) is 2. The molecule has 2 aromatic carbocycles. The first-order valence-corrected chi connectivity index (χ1v) is 9.12. The lowest BCUT2D eigenvalue weighted by Crippen LogP contribution is -2.40. The van der Waals surface area contributed by atoms with Crippen LogP contribution in [0.15, 0.2) is 54.6 Å². The SMILES string of the molecule is O=C(NCCN1CCC(c2ccccc2)CC1)[C@@H](O)c1ccc(F)cc1. The molecule has 0 aliphatic carbocycles. The number of aliphatic hydroxyl groups excluding tert-OH is 1. The van der Waals surface area contributed by atoms with Gasteiger partial charge in [0.15, 0.2) is 6.10 Å². The minimum absolute atomic E-state index is 0.389. The van der Waals surface area contributed by atoms with Crippen molar-refractivity contribution < 1.29 is 14.3 Å². The van der Waals surface area contributed by atoms with Crippen LogP contribution in [0.2, 0.25) is 0 Å². The summed E-state index contributed by atoms with van der Waals surface area (Å²) < 4.78 is 12.9. The molecule has 5 heteroatoms. The number of benzene rings is 2. The molecule has 0 spiro atoms. The van der Waals surface area contributed by atoms with Crippen LogP contribution in [-0.4, -0.2) is 42.1 Å². The topological polar surface area (TPSA) is 52.6 Å². The normalized spacial score (nSPS) is 17.0. The molecule has 1 amide bonds. The van der Waals surface area contributed by atoms with Gasteiger partial charge in [-0.05, 0) is 55.1 Å². The van der Waals surface area contributed by atoms with Crippen LogP contribution < -0.4 is 5.32 Å². The summed E-state index contributed by atoms with van der Waals surface area (Å²) in [4.78, 5) is 14.4. The van der Waals surface area contributed by atoms with Gasteiger partial charge in [-0.3, -0.25) is 4.79 Å². The molecule has 2 aromatic rings. The first kappa shape index (κ1) is 18.5. The van der Waals surface area contributed by atoms with Crippen LogP contribution in [0.4, 0.5) is 4.39 Å². The summed E-state index contributed by atoms with van der Waals surface area (Å²) in [6.07, 6.45) is 0.978. The van der Waals surface area contributed by atoms with Gasteiger partial charge in [0.1, 0.15) is 5.82 Å². The van der Waals surface area contributed by atoms with Crippen LogP contribution >= 0.6 is 0 Å². The van der Waals surface area contributed by atoms with Crippen LogP contribution in [-0.2, 0) is 4.79 Å².